The van der Waals surface area contributed by atoms with Gasteiger partial charge in [-0.2, -0.15) is 0 Å². The molecule has 0 spiro atoms. The first-order chi connectivity index (χ1) is 7.20. The first kappa shape index (κ1) is 11.3. The van der Waals surface area contributed by atoms with Crippen LogP contribution < -0.4 is 0 Å². The second-order valence-corrected chi connectivity index (χ2v) is 4.41. The van der Waals surface area contributed by atoms with Crippen LogP contribution in [0.5, 0.6) is 0 Å². The first-order valence-corrected chi connectivity index (χ1v) is 5.81. The Kier molecular flexibility index (Phi) is 3.61. The Labute approximate surface area is 100 Å². The van der Waals surface area contributed by atoms with Crippen molar-refractivity contribution >= 4 is 27.5 Å². The summed E-state index contributed by atoms with van der Waals surface area (Å²) in [6, 6.07) is 4.78. The van der Waals surface area contributed by atoms with Crippen LogP contribution >= 0.6 is 27.5 Å². The zero-order valence-electron chi connectivity index (χ0n) is 7.75. The first-order valence-electron chi connectivity index (χ1n) is 4.48. The molecule has 1 aliphatic rings. The standard InChI is InChI=1S/C10H9BrClFO2/c11-8-2-1-6(3-9(8)13)10-14-5-7(4-12)15-10/h1-3,7,10H,4-5H2. The Hall–Kier alpha value is -0.160. The van der Waals surface area contributed by atoms with Crippen LogP contribution in [0.3, 0.4) is 0 Å². The SMILES string of the molecule is Fc1cc(C2OCC(CCl)O2)ccc1Br. The van der Waals surface area contributed by atoms with Crippen LogP contribution in [0.25, 0.3) is 0 Å². The zero-order chi connectivity index (χ0) is 10.8. The molecule has 0 radical (unpaired) electrons. The molecule has 82 valence electrons. The van der Waals surface area contributed by atoms with Crippen LogP contribution in [-0.2, 0) is 9.47 Å². The molecule has 1 saturated heterocycles. The van der Waals surface area contributed by atoms with E-state index in [2.05, 4.69) is 15.9 Å². The van der Waals surface area contributed by atoms with E-state index >= 15 is 0 Å². The molecule has 2 atom stereocenters. The van der Waals surface area contributed by atoms with Gasteiger partial charge in [0, 0.05) is 5.56 Å². The molecule has 1 aliphatic heterocycles. The fraction of sp³-hybridized carbons (Fsp3) is 0.400. The molecule has 1 heterocycles. The summed E-state index contributed by atoms with van der Waals surface area (Å²) in [4.78, 5) is 0. The lowest BCUT2D eigenvalue weighted by Gasteiger charge is -2.10. The van der Waals surface area contributed by atoms with E-state index in [4.69, 9.17) is 21.1 Å². The van der Waals surface area contributed by atoms with E-state index in [-0.39, 0.29) is 11.9 Å². The van der Waals surface area contributed by atoms with Gasteiger partial charge in [0.2, 0.25) is 0 Å². The highest BCUT2D eigenvalue weighted by Gasteiger charge is 2.26. The van der Waals surface area contributed by atoms with Crippen LogP contribution in [0.4, 0.5) is 4.39 Å². The van der Waals surface area contributed by atoms with Gasteiger partial charge in [0.1, 0.15) is 5.82 Å². The summed E-state index contributed by atoms with van der Waals surface area (Å²) in [5.74, 6) is 0.0595. The highest BCUT2D eigenvalue weighted by molar-refractivity contribution is 9.10. The molecule has 0 aromatic heterocycles. The van der Waals surface area contributed by atoms with Gasteiger partial charge in [0.05, 0.1) is 23.1 Å². The summed E-state index contributed by atoms with van der Waals surface area (Å²) in [7, 11) is 0. The van der Waals surface area contributed by atoms with Crippen LogP contribution in [0.1, 0.15) is 11.9 Å². The average molecular weight is 296 g/mol. The minimum Gasteiger partial charge on any atom is -0.346 e. The summed E-state index contributed by atoms with van der Waals surface area (Å²) in [6.07, 6.45) is -0.611. The fourth-order valence-corrected chi connectivity index (χ4v) is 1.77. The molecule has 5 heteroatoms. The highest BCUT2D eigenvalue weighted by atomic mass is 79.9. The Balaban J connectivity index is 2.13. The molecule has 0 bridgehead atoms. The van der Waals surface area contributed by atoms with Gasteiger partial charge in [-0.15, -0.1) is 11.6 Å². The summed E-state index contributed by atoms with van der Waals surface area (Å²) < 4.78 is 24.5. The van der Waals surface area contributed by atoms with Crippen molar-refractivity contribution in [3.8, 4) is 0 Å². The average Bonchev–Trinajstić information content (AvgIpc) is 2.70. The number of alkyl halides is 1. The van der Waals surface area contributed by atoms with Crippen molar-refractivity contribution in [1.29, 1.82) is 0 Å². The maximum Gasteiger partial charge on any atom is 0.184 e. The molecule has 0 aliphatic carbocycles. The minimum absolute atomic E-state index is 0.108. The summed E-state index contributed by atoms with van der Waals surface area (Å²) in [5.41, 5.74) is 0.670. The lowest BCUT2D eigenvalue weighted by Crippen LogP contribution is -2.10. The molecule has 2 unspecified atom stereocenters. The van der Waals surface area contributed by atoms with Gasteiger partial charge in [-0.3, -0.25) is 0 Å². The highest BCUT2D eigenvalue weighted by Crippen LogP contribution is 2.29. The molecule has 1 aromatic carbocycles. The molecule has 2 nitrogen and oxygen atoms in total. The van der Waals surface area contributed by atoms with Gasteiger partial charge in [-0.05, 0) is 28.1 Å². The van der Waals surface area contributed by atoms with Gasteiger partial charge >= 0.3 is 0 Å². The Morgan fingerprint density at radius 1 is 1.53 bits per heavy atom. The number of halogens is 3. The minimum atomic E-state index is -0.503. The maximum atomic E-state index is 13.2. The van der Waals surface area contributed by atoms with Crippen molar-refractivity contribution in [2.75, 3.05) is 12.5 Å². The number of ether oxygens (including phenoxy) is 2. The molecule has 15 heavy (non-hydrogen) atoms. The number of hydrogen-bond donors (Lipinski definition) is 0. The second-order valence-electron chi connectivity index (χ2n) is 3.25. The van der Waals surface area contributed by atoms with Crippen molar-refractivity contribution in [3.63, 3.8) is 0 Å². The third-order valence-electron chi connectivity index (χ3n) is 2.14. The van der Waals surface area contributed by atoms with Crippen molar-refractivity contribution in [2.45, 2.75) is 12.4 Å². The summed E-state index contributed by atoms with van der Waals surface area (Å²) in [5, 5.41) is 0. The predicted octanol–water partition coefficient (Wildman–Crippen LogP) is 3.24. The van der Waals surface area contributed by atoms with Crippen LogP contribution in [-0.4, -0.2) is 18.6 Å². The third-order valence-corrected chi connectivity index (χ3v) is 3.12. The monoisotopic (exact) mass is 294 g/mol. The van der Waals surface area contributed by atoms with E-state index in [1.807, 2.05) is 0 Å². The molecule has 0 saturated carbocycles. The lowest BCUT2D eigenvalue weighted by atomic mass is 10.2. The van der Waals surface area contributed by atoms with Crippen molar-refractivity contribution in [1.82, 2.24) is 0 Å². The molecular formula is C10H9BrClFO2. The normalized spacial score (nSPS) is 25.8. The number of rotatable bonds is 2. The zero-order valence-corrected chi connectivity index (χ0v) is 10.1. The van der Waals surface area contributed by atoms with Crippen molar-refractivity contribution in [2.24, 2.45) is 0 Å². The van der Waals surface area contributed by atoms with Gasteiger partial charge in [0.25, 0.3) is 0 Å². The second kappa shape index (κ2) is 4.78. The maximum absolute atomic E-state index is 13.2. The molecular weight excluding hydrogens is 286 g/mol. The van der Waals surface area contributed by atoms with Gasteiger partial charge in [0.15, 0.2) is 6.29 Å². The molecule has 1 aromatic rings. The number of hydrogen-bond acceptors (Lipinski definition) is 2. The largest absolute Gasteiger partial charge is 0.346 e. The Morgan fingerprint density at radius 2 is 2.33 bits per heavy atom. The van der Waals surface area contributed by atoms with Crippen LogP contribution in [0.2, 0.25) is 0 Å². The van der Waals surface area contributed by atoms with Crippen molar-refractivity contribution in [3.05, 3.63) is 34.1 Å². The smallest absolute Gasteiger partial charge is 0.184 e. The van der Waals surface area contributed by atoms with Gasteiger partial charge < -0.3 is 9.47 Å². The van der Waals surface area contributed by atoms with Crippen LogP contribution in [0.15, 0.2) is 22.7 Å². The van der Waals surface area contributed by atoms with E-state index < -0.39 is 6.29 Å². The summed E-state index contributed by atoms with van der Waals surface area (Å²) in [6.45, 7) is 0.450. The Morgan fingerprint density at radius 3 is 2.93 bits per heavy atom. The van der Waals surface area contributed by atoms with E-state index in [1.165, 1.54) is 6.07 Å². The molecule has 0 amide bonds. The topological polar surface area (TPSA) is 18.5 Å². The van der Waals surface area contributed by atoms with Gasteiger partial charge in [-0.1, -0.05) is 6.07 Å². The fourth-order valence-electron chi connectivity index (χ4n) is 1.36. The van der Waals surface area contributed by atoms with Gasteiger partial charge in [-0.25, -0.2) is 4.39 Å². The third kappa shape index (κ3) is 2.50. The van der Waals surface area contributed by atoms with Crippen LogP contribution in [0, 0.1) is 5.82 Å². The summed E-state index contributed by atoms with van der Waals surface area (Å²) >= 11 is 8.72. The van der Waals surface area contributed by atoms with E-state index in [0.717, 1.165) is 0 Å². The number of benzene rings is 1. The predicted molar refractivity (Wildman–Crippen MR) is 58.4 cm³/mol. The van der Waals surface area contributed by atoms with E-state index in [9.17, 15) is 4.39 Å². The lowest BCUT2D eigenvalue weighted by molar-refractivity contribution is -0.0568. The van der Waals surface area contributed by atoms with E-state index in [0.29, 0.717) is 22.5 Å². The molecule has 1 fully saturated rings. The molecule has 2 rings (SSSR count). The Bertz CT molecular complexity index is 361. The van der Waals surface area contributed by atoms with Crippen molar-refractivity contribution < 1.29 is 13.9 Å². The van der Waals surface area contributed by atoms with E-state index in [1.54, 1.807) is 12.1 Å². The quantitative estimate of drug-likeness (QED) is 0.780. The molecule has 0 N–H and O–H groups in total.